The Morgan fingerprint density at radius 2 is 2.18 bits per heavy atom. The van der Waals surface area contributed by atoms with Gasteiger partial charge in [0, 0.05) is 17.1 Å². The zero-order valence-corrected chi connectivity index (χ0v) is 10.1. The van der Waals surface area contributed by atoms with Gasteiger partial charge in [-0.3, -0.25) is 10.3 Å². The smallest absolute Gasteiger partial charge is 0.251 e. The molecular weight excluding hydrogens is 248 g/mol. The first-order chi connectivity index (χ1) is 7.90. The number of benzene rings is 1. The van der Waals surface area contributed by atoms with Crippen LogP contribution in [0.15, 0.2) is 18.2 Å². The molecular formula is C11H14ClF2N3. The molecule has 17 heavy (non-hydrogen) atoms. The van der Waals surface area contributed by atoms with E-state index in [1.54, 1.807) is 25.2 Å². The number of nitrogens with one attached hydrogen (secondary N) is 1. The quantitative estimate of drug-likeness (QED) is 0.631. The molecule has 0 aromatic heterocycles. The van der Waals surface area contributed by atoms with Crippen LogP contribution in [0.2, 0.25) is 5.02 Å². The van der Waals surface area contributed by atoms with E-state index < -0.39 is 6.43 Å². The van der Waals surface area contributed by atoms with E-state index >= 15 is 0 Å². The minimum Gasteiger partial charge on any atom is -0.384 e. The first-order valence-corrected chi connectivity index (χ1v) is 5.37. The van der Waals surface area contributed by atoms with Gasteiger partial charge < -0.3 is 5.73 Å². The van der Waals surface area contributed by atoms with E-state index in [1.165, 1.54) is 4.90 Å². The molecule has 0 radical (unpaired) electrons. The second kappa shape index (κ2) is 5.93. The summed E-state index contributed by atoms with van der Waals surface area (Å²) >= 11 is 5.99. The van der Waals surface area contributed by atoms with E-state index in [4.69, 9.17) is 22.7 Å². The van der Waals surface area contributed by atoms with Crippen LogP contribution in [0.25, 0.3) is 0 Å². The number of nitrogens with two attached hydrogens (primary N) is 1. The highest BCUT2D eigenvalue weighted by atomic mass is 35.5. The van der Waals surface area contributed by atoms with Crippen molar-refractivity contribution in [2.75, 3.05) is 13.6 Å². The Kier molecular flexibility index (Phi) is 4.84. The number of hydrogen-bond acceptors (Lipinski definition) is 2. The van der Waals surface area contributed by atoms with Crippen molar-refractivity contribution in [3.05, 3.63) is 34.3 Å². The second-order valence-electron chi connectivity index (χ2n) is 3.81. The first-order valence-electron chi connectivity index (χ1n) is 4.99. The molecule has 6 heteroatoms. The van der Waals surface area contributed by atoms with Crippen molar-refractivity contribution in [1.82, 2.24) is 4.90 Å². The largest absolute Gasteiger partial charge is 0.384 e. The van der Waals surface area contributed by atoms with E-state index in [9.17, 15) is 8.78 Å². The lowest BCUT2D eigenvalue weighted by atomic mass is 10.1. The van der Waals surface area contributed by atoms with Crippen molar-refractivity contribution in [3.63, 3.8) is 0 Å². The Morgan fingerprint density at radius 3 is 2.65 bits per heavy atom. The summed E-state index contributed by atoms with van der Waals surface area (Å²) in [6, 6.07) is 4.91. The Morgan fingerprint density at radius 1 is 1.53 bits per heavy atom. The summed E-state index contributed by atoms with van der Waals surface area (Å²) in [5.41, 5.74) is 6.57. The zero-order valence-electron chi connectivity index (χ0n) is 9.38. The number of amidine groups is 1. The summed E-state index contributed by atoms with van der Waals surface area (Å²) in [6.45, 7) is 0.0339. The molecule has 0 amide bonds. The van der Waals surface area contributed by atoms with Crippen LogP contribution in [0, 0.1) is 5.41 Å². The third-order valence-corrected chi connectivity index (χ3v) is 2.61. The number of nitrogen functional groups attached to an aromatic ring is 1. The number of nitrogens with zero attached hydrogens (tertiary/aromatic N) is 1. The fraction of sp³-hybridized carbons (Fsp3) is 0.364. The van der Waals surface area contributed by atoms with Gasteiger partial charge in [-0.2, -0.15) is 0 Å². The average molecular weight is 262 g/mol. The Balaban J connectivity index is 2.75. The molecule has 1 aromatic carbocycles. The highest BCUT2D eigenvalue weighted by Gasteiger charge is 2.10. The minimum absolute atomic E-state index is 0.0700. The minimum atomic E-state index is -2.37. The molecule has 94 valence electrons. The Labute approximate surface area is 104 Å². The number of alkyl halides is 2. The predicted molar refractivity (Wildman–Crippen MR) is 64.8 cm³/mol. The Hall–Kier alpha value is -1.20. The zero-order chi connectivity index (χ0) is 13.0. The number of rotatable bonds is 5. The van der Waals surface area contributed by atoms with Gasteiger partial charge in [-0.25, -0.2) is 8.78 Å². The van der Waals surface area contributed by atoms with Gasteiger partial charge in [-0.15, -0.1) is 0 Å². The highest BCUT2D eigenvalue weighted by Crippen LogP contribution is 2.19. The Bertz CT molecular complexity index is 410. The fourth-order valence-electron chi connectivity index (χ4n) is 1.43. The first kappa shape index (κ1) is 13.9. The van der Waals surface area contributed by atoms with Crippen molar-refractivity contribution in [3.8, 4) is 0 Å². The van der Waals surface area contributed by atoms with Crippen LogP contribution < -0.4 is 5.73 Å². The van der Waals surface area contributed by atoms with Gasteiger partial charge in [0.25, 0.3) is 6.43 Å². The number of halogens is 3. The standard InChI is InChI=1S/C11H14ClF2N3/c1-17(6-10(13)14)5-8-3-2-7(11(15)16)4-9(8)12/h2-4,10H,5-6H2,1H3,(H3,15,16). The normalized spacial score (nSPS) is 11.2. The molecule has 0 unspecified atom stereocenters. The van der Waals surface area contributed by atoms with Crippen LogP contribution in [-0.2, 0) is 6.54 Å². The van der Waals surface area contributed by atoms with Gasteiger partial charge in [-0.05, 0) is 18.7 Å². The van der Waals surface area contributed by atoms with E-state index in [1.807, 2.05) is 0 Å². The van der Waals surface area contributed by atoms with Crippen molar-refractivity contribution >= 4 is 17.4 Å². The van der Waals surface area contributed by atoms with Gasteiger partial charge in [0.05, 0.1) is 6.54 Å². The monoisotopic (exact) mass is 261 g/mol. The van der Waals surface area contributed by atoms with Crippen molar-refractivity contribution < 1.29 is 8.78 Å². The van der Waals surface area contributed by atoms with Gasteiger partial charge in [0.2, 0.25) is 0 Å². The summed E-state index contributed by atoms with van der Waals surface area (Å²) in [7, 11) is 1.60. The van der Waals surface area contributed by atoms with Crippen molar-refractivity contribution in [2.24, 2.45) is 5.73 Å². The lowest BCUT2D eigenvalue weighted by Crippen LogP contribution is -2.24. The average Bonchev–Trinajstić information content (AvgIpc) is 2.19. The topological polar surface area (TPSA) is 53.1 Å². The van der Waals surface area contributed by atoms with Gasteiger partial charge in [0.15, 0.2) is 0 Å². The lowest BCUT2D eigenvalue weighted by Gasteiger charge is -2.17. The third kappa shape index (κ3) is 4.28. The summed E-state index contributed by atoms with van der Waals surface area (Å²) in [4.78, 5) is 1.49. The molecule has 0 atom stereocenters. The van der Waals surface area contributed by atoms with Gasteiger partial charge in [-0.1, -0.05) is 23.7 Å². The molecule has 3 nitrogen and oxygen atoms in total. The van der Waals surface area contributed by atoms with Gasteiger partial charge in [0.1, 0.15) is 5.84 Å². The van der Waals surface area contributed by atoms with Crippen molar-refractivity contribution in [2.45, 2.75) is 13.0 Å². The summed E-state index contributed by atoms with van der Waals surface area (Å²) in [6.07, 6.45) is -2.37. The third-order valence-electron chi connectivity index (χ3n) is 2.25. The maximum absolute atomic E-state index is 12.1. The molecule has 0 bridgehead atoms. The van der Waals surface area contributed by atoms with E-state index in [2.05, 4.69) is 0 Å². The van der Waals surface area contributed by atoms with Crippen LogP contribution in [-0.4, -0.2) is 30.8 Å². The molecule has 1 rings (SSSR count). The summed E-state index contributed by atoms with van der Waals surface area (Å²) < 4.78 is 24.3. The van der Waals surface area contributed by atoms with Crippen LogP contribution >= 0.6 is 11.6 Å². The molecule has 0 saturated heterocycles. The molecule has 0 spiro atoms. The maximum Gasteiger partial charge on any atom is 0.251 e. The number of hydrogen-bond donors (Lipinski definition) is 2. The van der Waals surface area contributed by atoms with Gasteiger partial charge >= 0.3 is 0 Å². The van der Waals surface area contributed by atoms with Crippen LogP contribution in [0.1, 0.15) is 11.1 Å². The van der Waals surface area contributed by atoms with Crippen LogP contribution in [0.5, 0.6) is 0 Å². The SMILES string of the molecule is CN(Cc1ccc(C(=N)N)cc1Cl)CC(F)F. The van der Waals surface area contributed by atoms with Crippen molar-refractivity contribution in [1.29, 1.82) is 5.41 Å². The van der Waals surface area contributed by atoms with E-state index in [0.717, 1.165) is 5.56 Å². The summed E-state index contributed by atoms with van der Waals surface area (Å²) in [5.74, 6) is -0.0700. The van der Waals surface area contributed by atoms with E-state index in [0.29, 0.717) is 17.1 Å². The van der Waals surface area contributed by atoms with Crippen LogP contribution in [0.4, 0.5) is 8.78 Å². The van der Waals surface area contributed by atoms with Crippen LogP contribution in [0.3, 0.4) is 0 Å². The molecule has 0 fully saturated rings. The second-order valence-corrected chi connectivity index (χ2v) is 4.21. The van der Waals surface area contributed by atoms with E-state index in [-0.39, 0.29) is 12.4 Å². The fourth-order valence-corrected chi connectivity index (χ4v) is 1.67. The lowest BCUT2D eigenvalue weighted by molar-refractivity contribution is 0.0975. The molecule has 0 aliphatic rings. The maximum atomic E-state index is 12.1. The molecule has 0 aliphatic carbocycles. The molecule has 0 saturated carbocycles. The molecule has 3 N–H and O–H groups in total. The molecule has 0 heterocycles. The molecule has 0 aliphatic heterocycles. The highest BCUT2D eigenvalue weighted by molar-refractivity contribution is 6.31. The summed E-state index contributed by atoms with van der Waals surface area (Å²) in [5, 5.41) is 7.68. The predicted octanol–water partition coefficient (Wildman–Crippen LogP) is 2.32. The molecule has 1 aromatic rings.